The Kier molecular flexibility index (Phi) is 8.43. The zero-order valence-corrected chi connectivity index (χ0v) is 15.1. The van der Waals surface area contributed by atoms with Crippen LogP contribution in [-0.4, -0.2) is 54.1 Å². The van der Waals surface area contributed by atoms with Crippen LogP contribution in [0.25, 0.3) is 0 Å². The highest BCUT2D eigenvalue weighted by Gasteiger charge is 2.21. The topological polar surface area (TPSA) is 81.7 Å². The lowest BCUT2D eigenvalue weighted by molar-refractivity contribution is -0.141. The molecule has 3 N–H and O–H groups in total. The lowest BCUT2D eigenvalue weighted by Crippen LogP contribution is -2.43. The van der Waals surface area contributed by atoms with Gasteiger partial charge in [0.2, 0.25) is 5.91 Å². The van der Waals surface area contributed by atoms with Crippen molar-refractivity contribution in [1.29, 1.82) is 0 Å². The first-order valence-corrected chi connectivity index (χ1v) is 8.43. The Balaban J connectivity index is 2.56. The third-order valence-corrected chi connectivity index (χ3v) is 4.28. The van der Waals surface area contributed by atoms with Crippen molar-refractivity contribution in [1.82, 2.24) is 10.2 Å². The molecular weight excluding hydrogens is 306 g/mol. The molecule has 24 heavy (non-hydrogen) atoms. The van der Waals surface area contributed by atoms with Crippen molar-refractivity contribution in [2.45, 2.75) is 40.2 Å². The molecule has 0 spiro atoms. The van der Waals surface area contributed by atoms with Crippen molar-refractivity contribution in [3.05, 3.63) is 29.3 Å². The molecule has 1 atom stereocenters. The van der Waals surface area contributed by atoms with Gasteiger partial charge in [-0.2, -0.15) is 0 Å². The minimum absolute atomic E-state index is 0.0963. The Morgan fingerprint density at radius 2 is 1.88 bits per heavy atom. The minimum Gasteiger partial charge on any atom is -0.480 e. The van der Waals surface area contributed by atoms with Crippen molar-refractivity contribution in [3.63, 3.8) is 0 Å². The minimum atomic E-state index is -1.01. The molecule has 0 aromatic heterocycles. The van der Waals surface area contributed by atoms with E-state index < -0.39 is 12.0 Å². The normalized spacial score (nSPS) is 12.2. The van der Waals surface area contributed by atoms with Crippen LogP contribution in [0.3, 0.4) is 0 Å². The Hall–Kier alpha value is -1.92. The number of aliphatic carboxylic acids is 1. The summed E-state index contributed by atoms with van der Waals surface area (Å²) in [5.74, 6) is -1.31. The van der Waals surface area contributed by atoms with E-state index in [1.54, 1.807) is 0 Å². The summed E-state index contributed by atoms with van der Waals surface area (Å²) in [5, 5.41) is 15.1. The number of amides is 1. The number of hydrogen-bond acceptors (Lipinski definition) is 4. The highest BCUT2D eigenvalue weighted by Crippen LogP contribution is 2.18. The van der Waals surface area contributed by atoms with Gasteiger partial charge in [0, 0.05) is 18.8 Å². The Morgan fingerprint density at radius 1 is 1.21 bits per heavy atom. The second kappa shape index (κ2) is 10.1. The number of benzene rings is 1. The summed E-state index contributed by atoms with van der Waals surface area (Å²) in [6.45, 7) is 11.2. The summed E-state index contributed by atoms with van der Waals surface area (Å²) in [4.78, 5) is 25.7. The van der Waals surface area contributed by atoms with Gasteiger partial charge in [-0.05, 0) is 44.1 Å². The molecule has 134 valence electrons. The molecule has 1 rings (SSSR count). The van der Waals surface area contributed by atoms with Crippen molar-refractivity contribution in [2.75, 3.05) is 31.5 Å². The molecule has 0 aliphatic rings. The van der Waals surface area contributed by atoms with Gasteiger partial charge >= 0.3 is 5.97 Å². The maximum atomic E-state index is 12.2. The van der Waals surface area contributed by atoms with Crippen LogP contribution in [0.4, 0.5) is 5.69 Å². The smallest absolute Gasteiger partial charge is 0.321 e. The molecule has 0 bridgehead atoms. The predicted octanol–water partition coefficient (Wildman–Crippen LogP) is 2.02. The Bertz CT molecular complexity index is 556. The summed E-state index contributed by atoms with van der Waals surface area (Å²) in [5.41, 5.74) is 2.81. The van der Waals surface area contributed by atoms with Crippen molar-refractivity contribution >= 4 is 17.6 Å². The summed E-state index contributed by atoms with van der Waals surface area (Å²) in [6.07, 6.45) is -0.0963. The van der Waals surface area contributed by atoms with E-state index in [2.05, 4.69) is 29.4 Å². The first kappa shape index (κ1) is 20.1. The Morgan fingerprint density at radius 3 is 2.46 bits per heavy atom. The quantitative estimate of drug-likeness (QED) is 0.609. The predicted molar refractivity (Wildman–Crippen MR) is 96.4 cm³/mol. The van der Waals surface area contributed by atoms with Gasteiger partial charge in [-0.25, -0.2) is 0 Å². The number of aryl methyl sites for hydroxylation is 1. The van der Waals surface area contributed by atoms with Gasteiger partial charge in [0.15, 0.2) is 0 Å². The lowest BCUT2D eigenvalue weighted by Gasteiger charge is -2.20. The number of rotatable bonds is 10. The van der Waals surface area contributed by atoms with Crippen molar-refractivity contribution < 1.29 is 14.7 Å². The van der Waals surface area contributed by atoms with Crippen molar-refractivity contribution in [3.8, 4) is 0 Å². The summed E-state index contributed by atoms with van der Waals surface area (Å²) < 4.78 is 0. The first-order valence-electron chi connectivity index (χ1n) is 8.43. The molecular formula is C18H29N3O3. The van der Waals surface area contributed by atoms with Crippen LogP contribution in [0.2, 0.25) is 0 Å². The molecule has 1 aromatic carbocycles. The summed E-state index contributed by atoms with van der Waals surface area (Å²) in [7, 11) is 0. The van der Waals surface area contributed by atoms with E-state index in [1.807, 2.05) is 32.0 Å². The molecule has 1 amide bonds. The molecule has 0 radical (unpaired) electrons. The fourth-order valence-electron chi connectivity index (χ4n) is 2.46. The number of nitrogens with zero attached hydrogens (tertiary/aromatic N) is 1. The van der Waals surface area contributed by atoms with E-state index in [0.29, 0.717) is 6.54 Å². The van der Waals surface area contributed by atoms with E-state index in [4.69, 9.17) is 0 Å². The lowest BCUT2D eigenvalue weighted by atomic mass is 10.1. The zero-order valence-electron chi connectivity index (χ0n) is 15.1. The van der Waals surface area contributed by atoms with E-state index in [9.17, 15) is 14.7 Å². The summed E-state index contributed by atoms with van der Waals surface area (Å²) >= 11 is 0. The zero-order chi connectivity index (χ0) is 18.1. The largest absolute Gasteiger partial charge is 0.480 e. The van der Waals surface area contributed by atoms with Gasteiger partial charge in [-0.15, -0.1) is 0 Å². The molecule has 6 nitrogen and oxygen atoms in total. The number of carboxylic acid groups (broad SMARTS) is 1. The number of hydrogen-bond donors (Lipinski definition) is 3. The van der Waals surface area contributed by atoms with Crippen molar-refractivity contribution in [2.24, 2.45) is 0 Å². The average molecular weight is 335 g/mol. The highest BCUT2D eigenvalue weighted by molar-refractivity contribution is 5.94. The molecule has 0 saturated heterocycles. The number of nitrogens with one attached hydrogen (secondary N) is 2. The van der Waals surface area contributed by atoms with Crippen LogP contribution in [0.15, 0.2) is 18.2 Å². The van der Waals surface area contributed by atoms with E-state index in [0.717, 1.165) is 36.4 Å². The maximum absolute atomic E-state index is 12.2. The van der Waals surface area contributed by atoms with Crippen LogP contribution in [0, 0.1) is 13.8 Å². The third-order valence-electron chi connectivity index (χ3n) is 4.28. The standard InChI is InChI=1S/C18H29N3O3/c1-5-21(6-2)11-10-19-16(18(23)24)12-17(22)20-15-9-7-8-13(3)14(15)4/h7-9,16,19H,5-6,10-12H2,1-4H3,(H,20,22)(H,23,24)/t16-/m1/s1. The molecule has 0 unspecified atom stereocenters. The molecule has 0 heterocycles. The van der Waals surface area contributed by atoms with E-state index in [-0.39, 0.29) is 12.3 Å². The van der Waals surface area contributed by atoms with Crippen LogP contribution in [0.1, 0.15) is 31.4 Å². The van der Waals surface area contributed by atoms with E-state index >= 15 is 0 Å². The van der Waals surface area contributed by atoms with Gasteiger partial charge in [0.1, 0.15) is 6.04 Å². The third kappa shape index (κ3) is 6.29. The molecule has 0 aliphatic heterocycles. The molecule has 1 aromatic rings. The highest BCUT2D eigenvalue weighted by atomic mass is 16.4. The number of carboxylic acids is 1. The van der Waals surface area contributed by atoms with Gasteiger partial charge in [0.05, 0.1) is 6.42 Å². The number of likely N-dealkylation sites (N-methyl/N-ethyl adjacent to an activating group) is 1. The maximum Gasteiger partial charge on any atom is 0.321 e. The fraction of sp³-hybridized carbons (Fsp3) is 0.556. The van der Waals surface area contributed by atoms with Gasteiger partial charge in [0.25, 0.3) is 0 Å². The fourth-order valence-corrected chi connectivity index (χ4v) is 2.46. The SMILES string of the molecule is CCN(CC)CCN[C@H](CC(=O)Nc1cccc(C)c1C)C(=O)O. The molecule has 0 saturated carbocycles. The van der Waals surface area contributed by atoms with E-state index in [1.165, 1.54) is 0 Å². The molecule has 0 aliphatic carbocycles. The molecule has 0 fully saturated rings. The van der Waals surface area contributed by atoms with Crippen LogP contribution in [-0.2, 0) is 9.59 Å². The number of anilines is 1. The number of carbonyl (C=O) groups excluding carboxylic acids is 1. The van der Waals surface area contributed by atoms with Crippen LogP contribution >= 0.6 is 0 Å². The monoisotopic (exact) mass is 335 g/mol. The van der Waals surface area contributed by atoms with Crippen LogP contribution < -0.4 is 10.6 Å². The van der Waals surface area contributed by atoms with Gasteiger partial charge in [-0.3, -0.25) is 9.59 Å². The second-order valence-electron chi connectivity index (χ2n) is 5.87. The second-order valence-corrected chi connectivity index (χ2v) is 5.87. The van der Waals surface area contributed by atoms with Crippen LogP contribution in [0.5, 0.6) is 0 Å². The first-order chi connectivity index (χ1) is 11.4. The van der Waals surface area contributed by atoms with Gasteiger partial charge < -0.3 is 20.6 Å². The average Bonchev–Trinajstić information content (AvgIpc) is 2.54. The molecule has 6 heteroatoms. The summed E-state index contributed by atoms with van der Waals surface area (Å²) in [6, 6.07) is 4.78. The Labute approximate surface area is 144 Å². The number of carbonyl (C=O) groups is 2. The van der Waals surface area contributed by atoms with Gasteiger partial charge in [-0.1, -0.05) is 26.0 Å².